The van der Waals surface area contributed by atoms with Crippen LogP contribution in [-0.2, 0) is 13.2 Å². The first-order chi connectivity index (χ1) is 15.4. The number of aliphatic hydroxyl groups excluding tert-OH is 1. The van der Waals surface area contributed by atoms with Gasteiger partial charge in [-0.15, -0.1) is 0 Å². The average Bonchev–Trinajstić information content (AvgIpc) is 3.10. The van der Waals surface area contributed by atoms with Gasteiger partial charge < -0.3 is 19.1 Å². The second-order valence-corrected chi connectivity index (χ2v) is 8.52. The van der Waals surface area contributed by atoms with Gasteiger partial charge in [0.2, 0.25) is 0 Å². The minimum absolute atomic E-state index is 0.0745. The molecule has 3 aromatic carbocycles. The van der Waals surface area contributed by atoms with Gasteiger partial charge in [-0.25, -0.2) is 4.98 Å². The Hall–Kier alpha value is -2.73. The summed E-state index contributed by atoms with van der Waals surface area (Å²) in [6.07, 6.45) is -0.779. The number of rotatable bonds is 8. The lowest BCUT2D eigenvalue weighted by molar-refractivity contribution is 0.0918. The van der Waals surface area contributed by atoms with Crippen molar-refractivity contribution in [3.63, 3.8) is 0 Å². The van der Waals surface area contributed by atoms with Gasteiger partial charge in [-0.1, -0.05) is 53.5 Å². The number of halogens is 2. The van der Waals surface area contributed by atoms with Crippen LogP contribution in [0.25, 0.3) is 11.0 Å². The number of imidazole rings is 1. The molecule has 0 aliphatic heterocycles. The van der Waals surface area contributed by atoms with E-state index in [4.69, 9.17) is 37.7 Å². The molecule has 0 fully saturated rings. The van der Waals surface area contributed by atoms with E-state index < -0.39 is 6.10 Å². The van der Waals surface area contributed by atoms with Gasteiger partial charge in [0, 0.05) is 5.02 Å². The predicted octanol–water partition coefficient (Wildman–Crippen LogP) is 5.98. The van der Waals surface area contributed by atoms with Gasteiger partial charge in [-0.2, -0.15) is 0 Å². The fourth-order valence-corrected chi connectivity index (χ4v) is 4.11. The molecule has 0 spiro atoms. The Bertz CT molecular complexity index is 1220. The molecule has 5 nitrogen and oxygen atoms in total. The largest absolute Gasteiger partial charge is 0.489 e. The zero-order valence-corrected chi connectivity index (χ0v) is 19.4. The molecule has 1 unspecified atom stereocenters. The third-order valence-corrected chi connectivity index (χ3v) is 5.74. The topological polar surface area (TPSA) is 56.5 Å². The molecule has 0 aliphatic carbocycles. The summed E-state index contributed by atoms with van der Waals surface area (Å²) in [5.74, 6) is 2.06. The number of aromatic nitrogens is 2. The smallest absolute Gasteiger partial charge is 0.148 e. The maximum Gasteiger partial charge on any atom is 0.148 e. The molecule has 1 heterocycles. The molecule has 4 aromatic rings. The van der Waals surface area contributed by atoms with Gasteiger partial charge >= 0.3 is 0 Å². The number of benzene rings is 3. The molecule has 4 rings (SSSR count). The molecule has 166 valence electrons. The zero-order valence-electron chi connectivity index (χ0n) is 17.9. The van der Waals surface area contributed by atoms with Crippen molar-refractivity contribution in [3.05, 3.63) is 87.7 Å². The Morgan fingerprint density at radius 2 is 1.72 bits per heavy atom. The van der Waals surface area contributed by atoms with Gasteiger partial charge in [0.05, 0.1) is 22.6 Å². The predicted molar refractivity (Wildman–Crippen MR) is 128 cm³/mol. The Kier molecular flexibility index (Phi) is 6.89. The number of nitrogens with zero attached hydrogens (tertiary/aromatic N) is 2. The highest BCUT2D eigenvalue weighted by atomic mass is 35.5. The third kappa shape index (κ3) is 5.01. The number of para-hydroxylation sites is 3. The highest BCUT2D eigenvalue weighted by Gasteiger charge is 2.16. The van der Waals surface area contributed by atoms with E-state index >= 15 is 0 Å². The second-order valence-electron chi connectivity index (χ2n) is 7.68. The summed E-state index contributed by atoms with van der Waals surface area (Å²) in [7, 11) is 0. The van der Waals surface area contributed by atoms with Crippen LogP contribution < -0.4 is 9.47 Å². The quantitative estimate of drug-likeness (QED) is 0.344. The maximum atomic E-state index is 10.7. The molecule has 1 atom stereocenters. The molecule has 0 saturated heterocycles. The van der Waals surface area contributed by atoms with Gasteiger partial charge in [0.15, 0.2) is 0 Å². The molecule has 0 bridgehead atoms. The number of aryl methyl sites for hydroxylation is 2. The van der Waals surface area contributed by atoms with E-state index in [1.165, 1.54) is 0 Å². The number of hydrogen-bond donors (Lipinski definition) is 1. The first-order valence-corrected chi connectivity index (χ1v) is 11.1. The average molecular weight is 471 g/mol. The lowest BCUT2D eigenvalue weighted by atomic mass is 10.1. The standard InChI is InChI=1S/C25H24Cl2N2O3/c1-16-6-5-7-17(2)25(16)32-15-24-28-21-8-3-4-9-22(21)29(24)13-19(30)14-31-23-11-10-18(26)12-20(23)27/h3-12,19,30H,13-15H2,1-2H3. The molecular weight excluding hydrogens is 447 g/mol. The summed E-state index contributed by atoms with van der Waals surface area (Å²) < 4.78 is 13.8. The van der Waals surface area contributed by atoms with Crippen LogP contribution in [0.1, 0.15) is 17.0 Å². The summed E-state index contributed by atoms with van der Waals surface area (Å²) in [4.78, 5) is 4.73. The van der Waals surface area contributed by atoms with E-state index in [1.54, 1.807) is 18.2 Å². The van der Waals surface area contributed by atoms with Crippen LogP contribution in [0.15, 0.2) is 60.7 Å². The van der Waals surface area contributed by atoms with Crippen molar-refractivity contribution in [2.24, 2.45) is 0 Å². The zero-order chi connectivity index (χ0) is 22.7. The Balaban J connectivity index is 1.52. The van der Waals surface area contributed by atoms with Gasteiger partial charge in [-0.3, -0.25) is 0 Å². The van der Waals surface area contributed by atoms with E-state index in [-0.39, 0.29) is 13.2 Å². The number of fused-ring (bicyclic) bond motifs is 1. The highest BCUT2D eigenvalue weighted by Crippen LogP contribution is 2.28. The molecule has 0 aliphatic rings. The SMILES string of the molecule is Cc1cccc(C)c1OCc1nc2ccccc2n1CC(O)COc1ccc(Cl)cc1Cl. The molecular formula is C25H24Cl2N2O3. The maximum absolute atomic E-state index is 10.7. The monoisotopic (exact) mass is 470 g/mol. The summed E-state index contributed by atoms with van der Waals surface area (Å²) in [6.45, 7) is 4.71. The van der Waals surface area contributed by atoms with Crippen LogP contribution >= 0.6 is 23.2 Å². The van der Waals surface area contributed by atoms with Gasteiger partial charge in [0.1, 0.15) is 36.6 Å². The van der Waals surface area contributed by atoms with Gasteiger partial charge in [-0.05, 0) is 55.3 Å². The molecule has 32 heavy (non-hydrogen) atoms. The fourth-order valence-electron chi connectivity index (χ4n) is 3.64. The third-order valence-electron chi connectivity index (χ3n) is 5.21. The number of hydrogen-bond acceptors (Lipinski definition) is 4. The minimum Gasteiger partial charge on any atom is -0.489 e. The van der Waals surface area contributed by atoms with Crippen molar-refractivity contribution in [1.29, 1.82) is 0 Å². The van der Waals surface area contributed by atoms with Crippen molar-refractivity contribution < 1.29 is 14.6 Å². The lowest BCUT2D eigenvalue weighted by Crippen LogP contribution is -2.25. The highest BCUT2D eigenvalue weighted by molar-refractivity contribution is 6.35. The van der Waals surface area contributed by atoms with Crippen LogP contribution in [0.5, 0.6) is 11.5 Å². The molecule has 1 aromatic heterocycles. The van der Waals surface area contributed by atoms with E-state index in [9.17, 15) is 5.11 Å². The van der Waals surface area contributed by atoms with Crippen LogP contribution in [0.2, 0.25) is 10.0 Å². The summed E-state index contributed by atoms with van der Waals surface area (Å²) in [5.41, 5.74) is 3.92. The van der Waals surface area contributed by atoms with Crippen molar-refractivity contribution in [3.8, 4) is 11.5 Å². The fraction of sp³-hybridized carbons (Fsp3) is 0.240. The van der Waals surface area contributed by atoms with Crippen LogP contribution in [-0.4, -0.2) is 27.4 Å². The van der Waals surface area contributed by atoms with E-state index in [0.29, 0.717) is 22.3 Å². The molecule has 0 radical (unpaired) electrons. The second kappa shape index (κ2) is 9.82. The number of aliphatic hydroxyl groups is 1. The van der Waals surface area contributed by atoms with Crippen LogP contribution in [0, 0.1) is 13.8 Å². The Morgan fingerprint density at radius 3 is 2.47 bits per heavy atom. The minimum atomic E-state index is -0.779. The van der Waals surface area contributed by atoms with E-state index in [2.05, 4.69) is 0 Å². The Labute approximate surface area is 197 Å². The van der Waals surface area contributed by atoms with E-state index in [1.807, 2.05) is 60.9 Å². The number of ether oxygens (including phenoxy) is 2. The van der Waals surface area contributed by atoms with Crippen molar-refractivity contribution in [2.75, 3.05) is 6.61 Å². The normalized spacial score (nSPS) is 12.2. The van der Waals surface area contributed by atoms with Crippen molar-refractivity contribution in [2.45, 2.75) is 33.1 Å². The molecule has 0 amide bonds. The van der Waals surface area contributed by atoms with E-state index in [0.717, 1.165) is 33.7 Å². The summed E-state index contributed by atoms with van der Waals surface area (Å²) >= 11 is 12.1. The Morgan fingerprint density at radius 1 is 0.969 bits per heavy atom. The molecule has 7 heteroatoms. The first-order valence-electron chi connectivity index (χ1n) is 10.3. The van der Waals surface area contributed by atoms with Crippen molar-refractivity contribution >= 4 is 34.2 Å². The molecule has 0 saturated carbocycles. The van der Waals surface area contributed by atoms with Gasteiger partial charge in [0.25, 0.3) is 0 Å². The molecule has 1 N–H and O–H groups in total. The summed E-state index contributed by atoms with van der Waals surface area (Å²) in [6, 6.07) is 18.9. The van der Waals surface area contributed by atoms with Crippen LogP contribution in [0.3, 0.4) is 0 Å². The van der Waals surface area contributed by atoms with Crippen molar-refractivity contribution in [1.82, 2.24) is 9.55 Å². The first kappa shape index (κ1) is 22.5. The lowest BCUT2D eigenvalue weighted by Gasteiger charge is -2.17. The summed E-state index contributed by atoms with van der Waals surface area (Å²) in [5, 5.41) is 11.6. The van der Waals surface area contributed by atoms with Crippen LogP contribution in [0.4, 0.5) is 0 Å².